The van der Waals surface area contributed by atoms with Crippen LogP contribution >= 0.6 is 0 Å². The van der Waals surface area contributed by atoms with E-state index in [0.29, 0.717) is 17.2 Å². The Kier molecular flexibility index (Phi) is 4.18. The van der Waals surface area contributed by atoms with Crippen molar-refractivity contribution in [1.82, 2.24) is 9.80 Å². The van der Waals surface area contributed by atoms with Crippen molar-refractivity contribution >= 4 is 5.91 Å². The number of rotatable bonds is 2. The second kappa shape index (κ2) is 5.85. The molecule has 1 amide bonds. The van der Waals surface area contributed by atoms with Crippen LogP contribution in [-0.2, 0) is 0 Å². The van der Waals surface area contributed by atoms with E-state index in [4.69, 9.17) is 5.26 Å². The van der Waals surface area contributed by atoms with Crippen LogP contribution in [0.3, 0.4) is 0 Å². The summed E-state index contributed by atoms with van der Waals surface area (Å²) >= 11 is 0. The molecule has 0 N–H and O–H groups in total. The third-order valence-electron chi connectivity index (χ3n) is 3.67. The Morgan fingerprint density at radius 2 is 2.05 bits per heavy atom. The summed E-state index contributed by atoms with van der Waals surface area (Å²) in [4.78, 5) is 16.5. The van der Waals surface area contributed by atoms with Crippen LogP contribution in [0.15, 0.2) is 24.3 Å². The van der Waals surface area contributed by atoms with Crippen LogP contribution in [0.25, 0.3) is 0 Å². The fourth-order valence-electron chi connectivity index (χ4n) is 2.43. The van der Waals surface area contributed by atoms with Gasteiger partial charge in [0.15, 0.2) is 0 Å². The van der Waals surface area contributed by atoms with Gasteiger partial charge in [-0.15, -0.1) is 0 Å². The molecule has 1 aliphatic rings. The third kappa shape index (κ3) is 3.12. The van der Waals surface area contributed by atoms with Gasteiger partial charge in [-0.25, -0.2) is 0 Å². The Hall–Kier alpha value is -1.86. The van der Waals surface area contributed by atoms with Gasteiger partial charge >= 0.3 is 0 Å². The van der Waals surface area contributed by atoms with Crippen molar-refractivity contribution < 1.29 is 4.79 Å². The minimum absolute atomic E-state index is 0.0658. The molecular weight excluding hydrogens is 238 g/mol. The normalized spacial score (nSPS) is 19.3. The Morgan fingerprint density at radius 3 is 2.63 bits per heavy atom. The average Bonchev–Trinajstić information content (AvgIpc) is 2.46. The first-order valence-electron chi connectivity index (χ1n) is 6.57. The van der Waals surface area contributed by atoms with Gasteiger partial charge in [-0.3, -0.25) is 4.79 Å². The second-order valence-electron chi connectivity index (χ2n) is 5.20. The molecule has 0 saturated carbocycles. The Morgan fingerprint density at radius 1 is 1.37 bits per heavy atom. The molecule has 0 aromatic heterocycles. The lowest BCUT2D eigenvalue weighted by Crippen LogP contribution is -2.47. The number of nitrogens with zero attached hydrogens (tertiary/aromatic N) is 3. The van der Waals surface area contributed by atoms with Crippen LogP contribution in [0.1, 0.15) is 28.8 Å². The largest absolute Gasteiger partial charge is 0.337 e. The van der Waals surface area contributed by atoms with Crippen molar-refractivity contribution in [3.63, 3.8) is 0 Å². The summed E-state index contributed by atoms with van der Waals surface area (Å²) in [6.45, 7) is 1.61. The molecule has 0 spiro atoms. The number of amides is 1. The van der Waals surface area contributed by atoms with E-state index < -0.39 is 0 Å². The zero-order chi connectivity index (χ0) is 13.8. The maximum Gasteiger partial charge on any atom is 0.253 e. The molecule has 4 nitrogen and oxygen atoms in total. The quantitative estimate of drug-likeness (QED) is 0.810. The SMILES string of the molecule is CN(C)C1CCCN(C(=O)c2ccc(C#N)cc2)C1. The highest BCUT2D eigenvalue weighted by molar-refractivity contribution is 5.94. The van der Waals surface area contributed by atoms with Gasteiger partial charge in [0.2, 0.25) is 0 Å². The van der Waals surface area contributed by atoms with Gasteiger partial charge in [0.25, 0.3) is 5.91 Å². The number of hydrogen-bond acceptors (Lipinski definition) is 3. The lowest BCUT2D eigenvalue weighted by molar-refractivity contribution is 0.0635. The van der Waals surface area contributed by atoms with Crippen molar-refractivity contribution in [2.24, 2.45) is 0 Å². The number of likely N-dealkylation sites (tertiary alicyclic amines) is 1. The number of likely N-dealkylation sites (N-methyl/N-ethyl adjacent to an activating group) is 1. The Bertz CT molecular complexity index is 487. The van der Waals surface area contributed by atoms with E-state index in [9.17, 15) is 4.79 Å². The van der Waals surface area contributed by atoms with Gasteiger partial charge in [0.1, 0.15) is 0 Å². The van der Waals surface area contributed by atoms with Gasteiger partial charge in [0, 0.05) is 24.7 Å². The first-order valence-corrected chi connectivity index (χ1v) is 6.57. The average molecular weight is 257 g/mol. The molecule has 1 aromatic carbocycles. The summed E-state index contributed by atoms with van der Waals surface area (Å²) in [6.07, 6.45) is 2.19. The molecule has 1 fully saturated rings. The molecule has 1 unspecified atom stereocenters. The molecule has 0 bridgehead atoms. The molecule has 1 aromatic rings. The van der Waals surface area contributed by atoms with Crippen molar-refractivity contribution in [3.05, 3.63) is 35.4 Å². The highest BCUT2D eigenvalue weighted by Gasteiger charge is 2.25. The summed E-state index contributed by atoms with van der Waals surface area (Å²) in [6, 6.07) is 9.37. The maximum atomic E-state index is 12.4. The molecule has 19 heavy (non-hydrogen) atoms. The first-order chi connectivity index (χ1) is 9.11. The molecule has 1 saturated heterocycles. The number of piperidine rings is 1. The van der Waals surface area contributed by atoms with Crippen molar-refractivity contribution in [2.75, 3.05) is 27.2 Å². The second-order valence-corrected chi connectivity index (χ2v) is 5.20. The monoisotopic (exact) mass is 257 g/mol. The van der Waals surface area contributed by atoms with Gasteiger partial charge in [-0.05, 0) is 51.2 Å². The van der Waals surface area contributed by atoms with Gasteiger partial charge < -0.3 is 9.80 Å². The number of benzene rings is 1. The number of carbonyl (C=O) groups excluding carboxylic acids is 1. The Balaban J connectivity index is 2.08. The fraction of sp³-hybridized carbons (Fsp3) is 0.467. The minimum Gasteiger partial charge on any atom is -0.337 e. The lowest BCUT2D eigenvalue weighted by Gasteiger charge is -2.36. The maximum absolute atomic E-state index is 12.4. The predicted molar refractivity (Wildman–Crippen MR) is 73.8 cm³/mol. The summed E-state index contributed by atoms with van der Waals surface area (Å²) in [5.74, 6) is 0.0658. The van der Waals surface area contributed by atoms with Crippen molar-refractivity contribution in [3.8, 4) is 6.07 Å². The minimum atomic E-state index is 0.0658. The van der Waals surface area contributed by atoms with Crippen LogP contribution in [0.4, 0.5) is 0 Å². The molecule has 1 atom stereocenters. The number of hydrogen-bond donors (Lipinski definition) is 0. The van der Waals surface area contributed by atoms with E-state index in [1.165, 1.54) is 0 Å². The highest BCUT2D eigenvalue weighted by atomic mass is 16.2. The smallest absolute Gasteiger partial charge is 0.253 e. The first kappa shape index (κ1) is 13.6. The lowest BCUT2D eigenvalue weighted by atomic mass is 10.0. The third-order valence-corrected chi connectivity index (χ3v) is 3.67. The van der Waals surface area contributed by atoms with Crippen LogP contribution in [-0.4, -0.2) is 48.9 Å². The van der Waals surface area contributed by atoms with Gasteiger partial charge in [-0.2, -0.15) is 5.26 Å². The topological polar surface area (TPSA) is 47.3 Å². The van der Waals surface area contributed by atoms with E-state index in [-0.39, 0.29) is 5.91 Å². The van der Waals surface area contributed by atoms with Crippen LogP contribution in [0.5, 0.6) is 0 Å². The van der Waals surface area contributed by atoms with Crippen molar-refractivity contribution in [1.29, 1.82) is 5.26 Å². The van der Waals surface area contributed by atoms with Crippen LogP contribution < -0.4 is 0 Å². The van der Waals surface area contributed by atoms with Crippen molar-refractivity contribution in [2.45, 2.75) is 18.9 Å². The molecular formula is C15H19N3O. The van der Waals surface area contributed by atoms with E-state index in [1.54, 1.807) is 24.3 Å². The van der Waals surface area contributed by atoms with E-state index in [2.05, 4.69) is 25.1 Å². The van der Waals surface area contributed by atoms with E-state index in [0.717, 1.165) is 25.9 Å². The molecule has 100 valence electrons. The van der Waals surface area contributed by atoms with Gasteiger partial charge in [0.05, 0.1) is 11.6 Å². The Labute approximate surface area is 114 Å². The molecule has 4 heteroatoms. The van der Waals surface area contributed by atoms with E-state index >= 15 is 0 Å². The standard InChI is InChI=1S/C15H19N3O/c1-17(2)14-4-3-9-18(11-14)15(19)13-7-5-12(10-16)6-8-13/h5-8,14H,3-4,9,11H2,1-2H3. The zero-order valence-corrected chi connectivity index (χ0v) is 11.5. The van der Waals surface area contributed by atoms with E-state index in [1.807, 2.05) is 4.90 Å². The van der Waals surface area contributed by atoms with Gasteiger partial charge in [-0.1, -0.05) is 0 Å². The summed E-state index contributed by atoms with van der Waals surface area (Å²) in [7, 11) is 4.11. The summed E-state index contributed by atoms with van der Waals surface area (Å²) in [5, 5.41) is 8.76. The summed E-state index contributed by atoms with van der Waals surface area (Å²) in [5.41, 5.74) is 1.25. The molecule has 0 aliphatic carbocycles. The van der Waals surface area contributed by atoms with Crippen LogP contribution in [0, 0.1) is 11.3 Å². The van der Waals surface area contributed by atoms with Crippen LogP contribution in [0.2, 0.25) is 0 Å². The molecule has 2 rings (SSSR count). The molecule has 1 heterocycles. The molecule has 1 aliphatic heterocycles. The highest BCUT2D eigenvalue weighted by Crippen LogP contribution is 2.16. The zero-order valence-electron chi connectivity index (χ0n) is 11.5. The molecule has 0 radical (unpaired) electrons. The number of nitriles is 1. The fourth-order valence-corrected chi connectivity index (χ4v) is 2.43. The number of carbonyl (C=O) groups is 1. The summed E-state index contributed by atoms with van der Waals surface area (Å²) < 4.78 is 0. The predicted octanol–water partition coefficient (Wildman–Crippen LogP) is 1.72.